The van der Waals surface area contributed by atoms with Crippen LogP contribution in [0.15, 0.2) is 22.8 Å². The molecule has 0 spiro atoms. The Bertz CT molecular complexity index is 556. The highest BCUT2D eigenvalue weighted by atomic mass is 79.9. The minimum absolute atomic E-state index is 0.0454. The summed E-state index contributed by atoms with van der Waals surface area (Å²) in [5.74, 6) is -1.84. The second-order valence-electron chi connectivity index (χ2n) is 3.47. The Morgan fingerprint density at radius 2 is 2.12 bits per heavy atom. The monoisotopic (exact) mass is 319 g/mol. The van der Waals surface area contributed by atoms with Crippen molar-refractivity contribution in [1.82, 2.24) is 4.98 Å². The molecule has 1 atom stereocenters. The van der Waals surface area contributed by atoms with Gasteiger partial charge in [0, 0.05) is 11.8 Å². The van der Waals surface area contributed by atoms with Gasteiger partial charge >= 0.3 is 0 Å². The second-order valence-corrected chi connectivity index (χ2v) is 5.32. The topological polar surface area (TPSA) is 33.1 Å². The number of nitrogens with zero attached hydrogens (tertiary/aromatic N) is 1. The van der Waals surface area contributed by atoms with E-state index in [4.69, 9.17) is 0 Å². The van der Waals surface area contributed by atoms with E-state index in [9.17, 15) is 13.9 Å². The Morgan fingerprint density at radius 3 is 2.71 bits per heavy atom. The average molecular weight is 320 g/mol. The number of rotatable bonds is 2. The number of hydrogen-bond acceptors (Lipinski definition) is 3. The Morgan fingerprint density at radius 1 is 1.41 bits per heavy atom. The summed E-state index contributed by atoms with van der Waals surface area (Å²) in [5.41, 5.74) is 0.473. The average Bonchev–Trinajstić information content (AvgIpc) is 2.75. The Kier molecular flexibility index (Phi) is 3.56. The predicted molar refractivity (Wildman–Crippen MR) is 65.8 cm³/mol. The van der Waals surface area contributed by atoms with Crippen molar-refractivity contribution in [2.24, 2.45) is 0 Å². The molecule has 1 aromatic carbocycles. The van der Waals surface area contributed by atoms with Crippen molar-refractivity contribution in [3.8, 4) is 10.6 Å². The third-order valence-corrected chi connectivity index (χ3v) is 4.18. The van der Waals surface area contributed by atoms with Gasteiger partial charge in [0.05, 0.1) is 15.5 Å². The SMILES string of the molecule is CC(O)c1cnc(-c2ccc(F)c(F)c2Br)s1. The van der Waals surface area contributed by atoms with E-state index in [1.165, 1.54) is 23.6 Å². The zero-order valence-corrected chi connectivity index (χ0v) is 11.1. The highest BCUT2D eigenvalue weighted by Crippen LogP contribution is 2.35. The molecule has 0 fully saturated rings. The molecule has 0 saturated heterocycles. The van der Waals surface area contributed by atoms with Crippen LogP contribution in [0.5, 0.6) is 0 Å². The van der Waals surface area contributed by atoms with E-state index in [1.807, 2.05) is 0 Å². The third-order valence-electron chi connectivity index (χ3n) is 2.20. The van der Waals surface area contributed by atoms with Crippen LogP contribution < -0.4 is 0 Å². The molecule has 1 aromatic heterocycles. The summed E-state index contributed by atoms with van der Waals surface area (Å²) in [6, 6.07) is 2.51. The first-order valence-electron chi connectivity index (χ1n) is 4.78. The first-order valence-corrected chi connectivity index (χ1v) is 6.39. The molecule has 0 aliphatic carbocycles. The molecule has 1 unspecified atom stereocenters. The van der Waals surface area contributed by atoms with Gasteiger partial charge in [0.25, 0.3) is 0 Å². The summed E-state index contributed by atoms with van der Waals surface area (Å²) in [6.07, 6.45) is 0.906. The number of hydrogen-bond donors (Lipinski definition) is 1. The first-order chi connectivity index (χ1) is 8.00. The summed E-state index contributed by atoms with van der Waals surface area (Å²) >= 11 is 4.25. The smallest absolute Gasteiger partial charge is 0.173 e. The minimum atomic E-state index is -0.934. The van der Waals surface area contributed by atoms with Gasteiger partial charge in [0.1, 0.15) is 5.01 Å². The Labute approximate surface area is 109 Å². The van der Waals surface area contributed by atoms with Crippen molar-refractivity contribution in [2.75, 3.05) is 0 Å². The third kappa shape index (κ3) is 2.38. The number of aliphatic hydroxyl groups is 1. The van der Waals surface area contributed by atoms with Crippen molar-refractivity contribution in [3.05, 3.63) is 39.3 Å². The van der Waals surface area contributed by atoms with Gasteiger partial charge in [-0.25, -0.2) is 13.8 Å². The molecule has 1 N–H and O–H groups in total. The van der Waals surface area contributed by atoms with Gasteiger partial charge in [0.2, 0.25) is 0 Å². The van der Waals surface area contributed by atoms with Crippen molar-refractivity contribution in [1.29, 1.82) is 0 Å². The van der Waals surface area contributed by atoms with Crippen LogP contribution in [0.25, 0.3) is 10.6 Å². The lowest BCUT2D eigenvalue weighted by Crippen LogP contribution is -1.88. The molecule has 0 aliphatic rings. The van der Waals surface area contributed by atoms with Gasteiger partial charge in [-0.2, -0.15) is 0 Å². The van der Waals surface area contributed by atoms with Crippen LogP contribution in [0.2, 0.25) is 0 Å². The van der Waals surface area contributed by atoms with Gasteiger partial charge in [0.15, 0.2) is 11.6 Å². The first kappa shape index (κ1) is 12.6. The molecule has 0 saturated carbocycles. The van der Waals surface area contributed by atoms with Gasteiger partial charge in [-0.05, 0) is 35.0 Å². The maximum absolute atomic E-state index is 13.3. The van der Waals surface area contributed by atoms with Gasteiger partial charge < -0.3 is 5.11 Å². The van der Waals surface area contributed by atoms with Crippen LogP contribution in [0.1, 0.15) is 17.9 Å². The van der Waals surface area contributed by atoms with Crippen molar-refractivity contribution in [3.63, 3.8) is 0 Å². The molecule has 2 rings (SSSR count). The maximum atomic E-state index is 13.3. The summed E-state index contributed by atoms with van der Waals surface area (Å²) in [6.45, 7) is 1.62. The van der Waals surface area contributed by atoms with Crippen LogP contribution in [0.3, 0.4) is 0 Å². The number of aromatic nitrogens is 1. The minimum Gasteiger partial charge on any atom is -0.388 e. The van der Waals surface area contributed by atoms with Crippen LogP contribution in [-0.4, -0.2) is 10.1 Å². The fourth-order valence-corrected chi connectivity index (χ4v) is 2.82. The second kappa shape index (κ2) is 4.80. The highest BCUT2D eigenvalue weighted by Gasteiger charge is 2.16. The number of aliphatic hydroxyl groups excluding tert-OH is 1. The van der Waals surface area contributed by atoms with E-state index in [2.05, 4.69) is 20.9 Å². The summed E-state index contributed by atoms with van der Waals surface area (Å²) < 4.78 is 26.3. The van der Waals surface area contributed by atoms with Crippen molar-refractivity contribution in [2.45, 2.75) is 13.0 Å². The van der Waals surface area contributed by atoms with Gasteiger partial charge in [-0.15, -0.1) is 11.3 Å². The van der Waals surface area contributed by atoms with E-state index in [1.54, 1.807) is 6.92 Å². The molecule has 2 aromatic rings. The number of thiazole rings is 1. The number of benzene rings is 1. The zero-order chi connectivity index (χ0) is 12.6. The van der Waals surface area contributed by atoms with E-state index < -0.39 is 17.7 Å². The lowest BCUT2D eigenvalue weighted by Gasteiger charge is -2.02. The highest BCUT2D eigenvalue weighted by molar-refractivity contribution is 9.10. The van der Waals surface area contributed by atoms with E-state index in [0.29, 0.717) is 15.4 Å². The molecule has 0 bridgehead atoms. The Hall–Kier alpha value is -0.850. The van der Waals surface area contributed by atoms with Crippen molar-refractivity contribution < 1.29 is 13.9 Å². The normalized spacial score (nSPS) is 12.8. The maximum Gasteiger partial charge on any atom is 0.173 e. The molecule has 0 amide bonds. The quantitative estimate of drug-likeness (QED) is 0.851. The van der Waals surface area contributed by atoms with E-state index in [-0.39, 0.29) is 4.47 Å². The van der Waals surface area contributed by atoms with E-state index >= 15 is 0 Å². The van der Waals surface area contributed by atoms with Gasteiger partial charge in [-0.3, -0.25) is 0 Å². The van der Waals surface area contributed by atoms with Gasteiger partial charge in [-0.1, -0.05) is 0 Å². The molecular weight excluding hydrogens is 312 g/mol. The molecule has 0 aliphatic heterocycles. The van der Waals surface area contributed by atoms with E-state index in [0.717, 1.165) is 6.07 Å². The predicted octanol–water partition coefficient (Wildman–Crippen LogP) is 3.90. The number of halogens is 3. The molecule has 17 heavy (non-hydrogen) atoms. The van der Waals surface area contributed by atoms with Crippen LogP contribution in [0, 0.1) is 11.6 Å². The lowest BCUT2D eigenvalue weighted by molar-refractivity contribution is 0.203. The largest absolute Gasteiger partial charge is 0.388 e. The standard InChI is InChI=1S/C11H8BrF2NOS/c1-5(16)8-4-15-11(17-8)6-2-3-7(13)10(14)9(6)12/h2-5,16H,1H3. The fraction of sp³-hybridized carbons (Fsp3) is 0.182. The lowest BCUT2D eigenvalue weighted by atomic mass is 10.2. The van der Waals surface area contributed by atoms with Crippen LogP contribution >= 0.6 is 27.3 Å². The summed E-state index contributed by atoms with van der Waals surface area (Å²) in [7, 11) is 0. The van der Waals surface area contributed by atoms with Crippen LogP contribution in [-0.2, 0) is 0 Å². The molecular formula is C11H8BrF2NOS. The zero-order valence-electron chi connectivity index (χ0n) is 8.75. The molecule has 6 heteroatoms. The molecule has 0 radical (unpaired) electrons. The Balaban J connectivity index is 2.49. The molecule has 2 nitrogen and oxygen atoms in total. The van der Waals surface area contributed by atoms with Crippen LogP contribution in [0.4, 0.5) is 8.78 Å². The summed E-state index contributed by atoms with van der Waals surface area (Å²) in [5, 5.41) is 9.91. The van der Waals surface area contributed by atoms with Crippen molar-refractivity contribution >= 4 is 27.3 Å². The summed E-state index contributed by atoms with van der Waals surface area (Å²) in [4.78, 5) is 4.76. The molecule has 90 valence electrons. The molecule has 1 heterocycles. The fourth-order valence-electron chi connectivity index (χ4n) is 1.30.